The Morgan fingerprint density at radius 1 is 1.38 bits per heavy atom. The molecule has 3 rings (SSSR count). The summed E-state index contributed by atoms with van der Waals surface area (Å²) in [4.78, 5) is 14.0. The normalized spacial score (nSPS) is 20.5. The molecule has 0 radical (unpaired) electrons. The van der Waals surface area contributed by atoms with Crippen LogP contribution in [0.2, 0.25) is 5.02 Å². The van der Waals surface area contributed by atoms with Gasteiger partial charge in [-0.1, -0.05) is 11.6 Å². The van der Waals surface area contributed by atoms with Gasteiger partial charge in [0.2, 0.25) is 10.0 Å². The first kappa shape index (κ1) is 17.2. The summed E-state index contributed by atoms with van der Waals surface area (Å²) in [6.07, 6.45) is 0.177. The zero-order valence-electron chi connectivity index (χ0n) is 12.2. The number of H-pyrrole nitrogens is 1. The molecule has 130 valence electrons. The van der Waals surface area contributed by atoms with Gasteiger partial charge < -0.3 is 10.7 Å². The summed E-state index contributed by atoms with van der Waals surface area (Å²) in [7, 11) is -7.43. The van der Waals surface area contributed by atoms with Crippen LogP contribution in [0.1, 0.15) is 16.9 Å². The van der Waals surface area contributed by atoms with Crippen LogP contribution < -0.4 is 10.5 Å². The Hall–Kier alpha value is -1.62. The number of nitrogens with two attached hydrogens (primary N) is 1. The molecule has 2 heterocycles. The van der Waals surface area contributed by atoms with Gasteiger partial charge in [-0.25, -0.2) is 21.6 Å². The van der Waals surface area contributed by atoms with Gasteiger partial charge in [0.1, 0.15) is 10.6 Å². The van der Waals surface area contributed by atoms with Gasteiger partial charge >= 0.3 is 0 Å². The number of halogens is 1. The number of amides is 1. The molecular formula is C13H14ClN3O5S2. The molecule has 1 amide bonds. The number of aromatic nitrogens is 1. The molecule has 1 aromatic carbocycles. The minimum absolute atomic E-state index is 0.0808. The van der Waals surface area contributed by atoms with Gasteiger partial charge in [0, 0.05) is 22.0 Å². The molecule has 1 unspecified atom stereocenters. The average molecular weight is 392 g/mol. The molecule has 0 aliphatic carbocycles. The highest BCUT2D eigenvalue weighted by Gasteiger charge is 2.34. The predicted molar refractivity (Wildman–Crippen MR) is 89.2 cm³/mol. The quantitative estimate of drug-likeness (QED) is 0.691. The lowest BCUT2D eigenvalue weighted by atomic mass is 10.2. The van der Waals surface area contributed by atoms with E-state index in [1.807, 2.05) is 0 Å². The van der Waals surface area contributed by atoms with Crippen molar-refractivity contribution in [1.82, 2.24) is 9.71 Å². The van der Waals surface area contributed by atoms with E-state index in [-0.39, 0.29) is 38.9 Å². The number of hydrogen-bond acceptors (Lipinski definition) is 5. The number of primary amides is 1. The molecule has 24 heavy (non-hydrogen) atoms. The lowest BCUT2D eigenvalue weighted by Crippen LogP contribution is -2.36. The van der Waals surface area contributed by atoms with E-state index in [9.17, 15) is 21.6 Å². The van der Waals surface area contributed by atoms with Gasteiger partial charge in [-0.3, -0.25) is 4.79 Å². The van der Waals surface area contributed by atoms with Crippen LogP contribution in [0.3, 0.4) is 0 Å². The molecule has 1 aliphatic rings. The molecule has 0 spiro atoms. The fraction of sp³-hybridized carbons (Fsp3) is 0.308. The molecule has 0 saturated carbocycles. The SMILES string of the molecule is NC(=O)c1[nH]c2ccc(Cl)cc2c1S(=O)(=O)NC1CCS(=O)(=O)C1. The number of carbonyl (C=O) groups excluding carboxylic acids is 1. The predicted octanol–water partition coefficient (Wildman–Crippen LogP) is 0.386. The van der Waals surface area contributed by atoms with Crippen molar-refractivity contribution in [3.8, 4) is 0 Å². The zero-order chi connectivity index (χ0) is 17.7. The molecule has 8 nitrogen and oxygen atoms in total. The van der Waals surface area contributed by atoms with E-state index >= 15 is 0 Å². The second kappa shape index (κ2) is 5.73. The van der Waals surface area contributed by atoms with Crippen molar-refractivity contribution in [2.75, 3.05) is 11.5 Å². The van der Waals surface area contributed by atoms with Crippen molar-refractivity contribution < 1.29 is 21.6 Å². The van der Waals surface area contributed by atoms with Crippen LogP contribution in [-0.4, -0.2) is 45.3 Å². The first-order chi connectivity index (χ1) is 11.1. The fourth-order valence-electron chi connectivity index (χ4n) is 2.76. The van der Waals surface area contributed by atoms with E-state index in [2.05, 4.69) is 9.71 Å². The molecule has 0 bridgehead atoms. The number of sulfone groups is 1. The summed E-state index contributed by atoms with van der Waals surface area (Å²) < 4.78 is 50.8. The van der Waals surface area contributed by atoms with Crippen LogP contribution >= 0.6 is 11.6 Å². The third-order valence-corrected chi connectivity index (χ3v) is 7.39. The summed E-state index contributed by atoms with van der Waals surface area (Å²) in [5.41, 5.74) is 5.38. The summed E-state index contributed by atoms with van der Waals surface area (Å²) in [6, 6.07) is 3.73. The number of benzene rings is 1. The van der Waals surface area contributed by atoms with Gasteiger partial charge in [-0.05, 0) is 24.6 Å². The first-order valence-electron chi connectivity index (χ1n) is 6.93. The summed E-state index contributed by atoms with van der Waals surface area (Å²) in [5, 5.41) is 0.502. The van der Waals surface area contributed by atoms with Gasteiger partial charge in [0.25, 0.3) is 5.91 Å². The Kier molecular flexibility index (Phi) is 4.11. The summed E-state index contributed by atoms with van der Waals surface area (Å²) in [5.74, 6) is -1.30. The maximum absolute atomic E-state index is 12.7. The van der Waals surface area contributed by atoms with Crippen molar-refractivity contribution in [3.63, 3.8) is 0 Å². The number of sulfonamides is 1. The van der Waals surface area contributed by atoms with Crippen molar-refractivity contribution in [3.05, 3.63) is 28.9 Å². The largest absolute Gasteiger partial charge is 0.364 e. The number of fused-ring (bicyclic) bond motifs is 1. The van der Waals surface area contributed by atoms with Crippen LogP contribution in [0.4, 0.5) is 0 Å². The molecule has 1 aliphatic heterocycles. The van der Waals surface area contributed by atoms with E-state index < -0.39 is 31.8 Å². The van der Waals surface area contributed by atoms with Gasteiger partial charge in [0.15, 0.2) is 9.84 Å². The Labute approximate surface area is 143 Å². The highest BCUT2D eigenvalue weighted by atomic mass is 35.5. The van der Waals surface area contributed by atoms with E-state index in [0.717, 1.165) is 0 Å². The number of aromatic amines is 1. The molecule has 4 N–H and O–H groups in total. The zero-order valence-corrected chi connectivity index (χ0v) is 14.6. The molecule has 11 heteroatoms. The molecule has 2 aromatic rings. The Bertz CT molecular complexity index is 1040. The van der Waals surface area contributed by atoms with Gasteiger partial charge in [0.05, 0.1) is 11.5 Å². The standard InChI is InChI=1S/C13H14ClN3O5S2/c14-7-1-2-10-9(5-7)12(11(16-10)13(15)18)24(21,22)17-8-3-4-23(19,20)6-8/h1-2,5,8,16-17H,3-4,6H2,(H2,15,18). The number of rotatable bonds is 4. The second-order valence-corrected chi connectivity index (χ2v) is 9.92. The van der Waals surface area contributed by atoms with Crippen molar-refractivity contribution >= 4 is 48.3 Å². The third-order valence-electron chi connectivity index (χ3n) is 3.78. The molecule has 1 fully saturated rings. The van der Waals surface area contributed by atoms with E-state index in [1.54, 1.807) is 6.07 Å². The van der Waals surface area contributed by atoms with Crippen molar-refractivity contribution in [2.45, 2.75) is 17.4 Å². The molecule has 1 atom stereocenters. The lowest BCUT2D eigenvalue weighted by Gasteiger charge is -2.12. The maximum Gasteiger partial charge on any atom is 0.266 e. The minimum atomic E-state index is -4.17. The van der Waals surface area contributed by atoms with Crippen LogP contribution in [0, 0.1) is 0 Å². The smallest absolute Gasteiger partial charge is 0.266 e. The monoisotopic (exact) mass is 391 g/mol. The van der Waals surface area contributed by atoms with Crippen molar-refractivity contribution in [1.29, 1.82) is 0 Å². The summed E-state index contributed by atoms with van der Waals surface area (Å²) in [6.45, 7) is 0. The van der Waals surface area contributed by atoms with Crippen molar-refractivity contribution in [2.24, 2.45) is 5.73 Å². The highest BCUT2D eigenvalue weighted by molar-refractivity contribution is 7.92. The third kappa shape index (κ3) is 3.14. The van der Waals surface area contributed by atoms with Gasteiger partial charge in [-0.15, -0.1) is 0 Å². The van der Waals surface area contributed by atoms with Gasteiger partial charge in [-0.2, -0.15) is 0 Å². The lowest BCUT2D eigenvalue weighted by molar-refractivity contribution is 0.0993. The Morgan fingerprint density at radius 2 is 2.08 bits per heavy atom. The summed E-state index contributed by atoms with van der Waals surface area (Å²) >= 11 is 5.91. The minimum Gasteiger partial charge on any atom is -0.364 e. The number of hydrogen-bond donors (Lipinski definition) is 3. The number of carbonyl (C=O) groups is 1. The van der Waals surface area contributed by atoms with Crippen LogP contribution in [-0.2, 0) is 19.9 Å². The maximum atomic E-state index is 12.7. The molecule has 1 aromatic heterocycles. The van der Waals surface area contributed by atoms with E-state index in [1.165, 1.54) is 12.1 Å². The van der Waals surface area contributed by atoms with Crippen LogP contribution in [0.15, 0.2) is 23.1 Å². The Morgan fingerprint density at radius 3 is 2.67 bits per heavy atom. The number of nitrogens with one attached hydrogen (secondary N) is 2. The first-order valence-corrected chi connectivity index (χ1v) is 10.6. The second-order valence-electron chi connectivity index (χ2n) is 5.60. The highest BCUT2D eigenvalue weighted by Crippen LogP contribution is 2.30. The molecular weight excluding hydrogens is 378 g/mol. The topological polar surface area (TPSA) is 139 Å². The molecule has 1 saturated heterocycles. The fourth-order valence-corrected chi connectivity index (χ4v) is 6.35. The van der Waals surface area contributed by atoms with E-state index in [4.69, 9.17) is 17.3 Å². The average Bonchev–Trinajstić information content (AvgIpc) is 2.98. The Balaban J connectivity index is 2.11. The van der Waals surface area contributed by atoms with E-state index in [0.29, 0.717) is 5.52 Å². The van der Waals surface area contributed by atoms with Crippen LogP contribution in [0.5, 0.6) is 0 Å². The van der Waals surface area contributed by atoms with Crippen LogP contribution in [0.25, 0.3) is 10.9 Å².